The molecule has 1 saturated heterocycles. The molecule has 8 heteroatoms. The number of hydrogen-bond acceptors (Lipinski definition) is 7. The number of anilines is 1. The fourth-order valence-electron chi connectivity index (χ4n) is 1.84. The van der Waals surface area contributed by atoms with Gasteiger partial charge in [-0.05, 0) is 6.42 Å². The van der Waals surface area contributed by atoms with Gasteiger partial charge < -0.3 is 10.1 Å². The van der Waals surface area contributed by atoms with Crippen molar-refractivity contribution < 1.29 is 19.1 Å². The molecule has 1 aliphatic rings. The summed E-state index contributed by atoms with van der Waals surface area (Å²) < 4.78 is 4.51. The van der Waals surface area contributed by atoms with Crippen molar-refractivity contribution in [3.05, 3.63) is 18.1 Å². The van der Waals surface area contributed by atoms with E-state index in [1.807, 2.05) is 0 Å². The highest BCUT2D eigenvalue weighted by atomic mass is 16.5. The number of imide groups is 1. The minimum Gasteiger partial charge on any atom is -0.464 e. The number of likely N-dealkylation sites (tertiary alicyclic amines) is 1. The van der Waals surface area contributed by atoms with E-state index in [-0.39, 0.29) is 17.5 Å². The summed E-state index contributed by atoms with van der Waals surface area (Å²) in [5.41, 5.74) is 0.0836. The third-order valence-electron chi connectivity index (χ3n) is 3.02. The summed E-state index contributed by atoms with van der Waals surface area (Å²) in [6.45, 7) is 0. The van der Waals surface area contributed by atoms with Crippen molar-refractivity contribution in [3.63, 3.8) is 0 Å². The molecule has 1 unspecified atom stereocenters. The number of hydrogen-bond donors (Lipinski definition) is 1. The number of aromatic nitrogens is 2. The number of amides is 2. The molecule has 1 fully saturated rings. The molecule has 1 aromatic rings. The Kier molecular flexibility index (Phi) is 3.92. The molecule has 106 valence electrons. The number of nitrogens with zero attached hydrogens (tertiary/aromatic N) is 3. The van der Waals surface area contributed by atoms with Gasteiger partial charge in [0.2, 0.25) is 5.91 Å². The molecule has 8 nitrogen and oxygen atoms in total. The van der Waals surface area contributed by atoms with Crippen LogP contribution in [0.1, 0.15) is 23.3 Å². The molecular formula is C12H14N4O4. The van der Waals surface area contributed by atoms with Gasteiger partial charge in [-0.15, -0.1) is 0 Å². The molecular weight excluding hydrogens is 264 g/mol. The van der Waals surface area contributed by atoms with E-state index in [4.69, 9.17) is 0 Å². The molecule has 0 radical (unpaired) electrons. The SMILES string of the molecule is COC(=O)c1cnc(NC2CCC(=O)N(C)C2=O)cn1. The first kappa shape index (κ1) is 13.9. The maximum absolute atomic E-state index is 11.9. The highest BCUT2D eigenvalue weighted by Gasteiger charge is 2.31. The van der Waals surface area contributed by atoms with Crippen LogP contribution >= 0.6 is 0 Å². The summed E-state index contributed by atoms with van der Waals surface area (Å²) in [6, 6.07) is -0.518. The van der Waals surface area contributed by atoms with Gasteiger partial charge in [-0.3, -0.25) is 14.5 Å². The Balaban J connectivity index is 2.05. The molecule has 20 heavy (non-hydrogen) atoms. The smallest absolute Gasteiger partial charge is 0.358 e. The lowest BCUT2D eigenvalue weighted by Gasteiger charge is -2.28. The van der Waals surface area contributed by atoms with Crippen molar-refractivity contribution in [3.8, 4) is 0 Å². The monoisotopic (exact) mass is 278 g/mol. The van der Waals surface area contributed by atoms with Crippen LogP contribution in [0.4, 0.5) is 5.82 Å². The number of piperidine rings is 1. The lowest BCUT2D eigenvalue weighted by molar-refractivity contribution is -0.146. The number of carbonyl (C=O) groups is 3. The molecule has 1 aromatic heterocycles. The molecule has 1 atom stereocenters. The van der Waals surface area contributed by atoms with Gasteiger partial charge in [-0.25, -0.2) is 14.8 Å². The normalized spacial score (nSPS) is 18.9. The first-order valence-corrected chi connectivity index (χ1v) is 6.00. The minimum absolute atomic E-state index is 0.0836. The maximum atomic E-state index is 11.9. The average Bonchev–Trinajstić information content (AvgIpc) is 2.48. The minimum atomic E-state index is -0.580. The van der Waals surface area contributed by atoms with Gasteiger partial charge in [0.1, 0.15) is 11.9 Å². The van der Waals surface area contributed by atoms with E-state index in [0.29, 0.717) is 18.7 Å². The second-order valence-corrected chi connectivity index (χ2v) is 4.31. The van der Waals surface area contributed by atoms with E-state index in [1.54, 1.807) is 0 Å². The Morgan fingerprint density at radius 3 is 2.75 bits per heavy atom. The lowest BCUT2D eigenvalue weighted by Crippen LogP contribution is -2.48. The van der Waals surface area contributed by atoms with Crippen LogP contribution in [0.15, 0.2) is 12.4 Å². The predicted molar refractivity (Wildman–Crippen MR) is 67.8 cm³/mol. The number of esters is 1. The Hall–Kier alpha value is -2.51. The summed E-state index contributed by atoms with van der Waals surface area (Å²) in [5.74, 6) is -0.720. The number of carbonyl (C=O) groups excluding carboxylic acids is 3. The van der Waals surface area contributed by atoms with Crippen molar-refractivity contribution in [2.45, 2.75) is 18.9 Å². The summed E-state index contributed by atoms with van der Waals surface area (Å²) in [5, 5.41) is 2.90. The van der Waals surface area contributed by atoms with Crippen LogP contribution in [0.3, 0.4) is 0 Å². The van der Waals surface area contributed by atoms with E-state index in [9.17, 15) is 14.4 Å². The molecule has 1 aliphatic heterocycles. The number of likely N-dealkylation sites (N-methyl/N-ethyl adjacent to an activating group) is 1. The van der Waals surface area contributed by atoms with E-state index < -0.39 is 12.0 Å². The quantitative estimate of drug-likeness (QED) is 0.604. The summed E-state index contributed by atoms with van der Waals surface area (Å²) >= 11 is 0. The Bertz CT molecular complexity index is 543. The second-order valence-electron chi connectivity index (χ2n) is 4.31. The fraction of sp³-hybridized carbons (Fsp3) is 0.417. The first-order valence-electron chi connectivity index (χ1n) is 6.00. The topological polar surface area (TPSA) is 101 Å². The van der Waals surface area contributed by atoms with Gasteiger partial charge in [0.05, 0.1) is 19.5 Å². The molecule has 0 bridgehead atoms. The van der Waals surface area contributed by atoms with Crippen LogP contribution in [-0.2, 0) is 14.3 Å². The standard InChI is InChI=1S/C12H14N4O4/c1-16-10(17)4-3-7(11(16)18)15-9-6-13-8(5-14-9)12(19)20-2/h5-7H,3-4H2,1-2H3,(H,14,15). The zero-order valence-electron chi connectivity index (χ0n) is 11.1. The zero-order chi connectivity index (χ0) is 14.7. The Morgan fingerprint density at radius 1 is 1.40 bits per heavy atom. The van der Waals surface area contributed by atoms with Crippen molar-refractivity contribution in [2.75, 3.05) is 19.5 Å². The Labute approximate surface area is 115 Å². The van der Waals surface area contributed by atoms with Gasteiger partial charge in [0, 0.05) is 13.5 Å². The number of ether oxygens (including phenoxy) is 1. The van der Waals surface area contributed by atoms with E-state index in [2.05, 4.69) is 20.0 Å². The van der Waals surface area contributed by atoms with E-state index >= 15 is 0 Å². The molecule has 0 aliphatic carbocycles. The molecule has 1 N–H and O–H groups in total. The van der Waals surface area contributed by atoms with Crippen molar-refractivity contribution in [2.24, 2.45) is 0 Å². The first-order chi connectivity index (χ1) is 9.52. The average molecular weight is 278 g/mol. The van der Waals surface area contributed by atoms with Gasteiger partial charge in [0.15, 0.2) is 5.69 Å². The number of nitrogens with one attached hydrogen (secondary N) is 1. The van der Waals surface area contributed by atoms with Crippen LogP contribution < -0.4 is 5.32 Å². The van der Waals surface area contributed by atoms with Crippen LogP contribution in [0.25, 0.3) is 0 Å². The van der Waals surface area contributed by atoms with E-state index in [0.717, 1.165) is 4.90 Å². The van der Waals surface area contributed by atoms with Crippen LogP contribution in [0.2, 0.25) is 0 Å². The van der Waals surface area contributed by atoms with Crippen LogP contribution in [0, 0.1) is 0 Å². The maximum Gasteiger partial charge on any atom is 0.358 e. The molecule has 2 rings (SSSR count). The number of methoxy groups -OCH3 is 1. The third-order valence-corrected chi connectivity index (χ3v) is 3.02. The third kappa shape index (κ3) is 2.73. The fourth-order valence-corrected chi connectivity index (χ4v) is 1.84. The van der Waals surface area contributed by atoms with Crippen LogP contribution in [-0.4, -0.2) is 52.9 Å². The molecule has 0 saturated carbocycles. The van der Waals surface area contributed by atoms with Gasteiger partial charge in [-0.1, -0.05) is 0 Å². The largest absolute Gasteiger partial charge is 0.464 e. The predicted octanol–water partition coefficient (Wildman–Crippen LogP) is -0.178. The lowest BCUT2D eigenvalue weighted by atomic mass is 10.0. The van der Waals surface area contributed by atoms with Gasteiger partial charge in [-0.2, -0.15) is 0 Å². The van der Waals surface area contributed by atoms with Crippen molar-refractivity contribution in [1.29, 1.82) is 0 Å². The zero-order valence-corrected chi connectivity index (χ0v) is 11.1. The summed E-state index contributed by atoms with van der Waals surface area (Å²) in [6.07, 6.45) is 3.31. The van der Waals surface area contributed by atoms with Gasteiger partial charge in [0.25, 0.3) is 5.91 Å². The highest BCUT2D eigenvalue weighted by Crippen LogP contribution is 2.15. The Morgan fingerprint density at radius 2 is 2.15 bits per heavy atom. The summed E-state index contributed by atoms with van der Waals surface area (Å²) in [4.78, 5) is 43.4. The van der Waals surface area contributed by atoms with Crippen LogP contribution in [0.5, 0.6) is 0 Å². The number of rotatable bonds is 3. The highest BCUT2D eigenvalue weighted by molar-refractivity contribution is 6.01. The summed E-state index contributed by atoms with van der Waals surface area (Å²) in [7, 11) is 2.70. The van der Waals surface area contributed by atoms with Crippen molar-refractivity contribution >= 4 is 23.6 Å². The molecule has 0 aromatic carbocycles. The van der Waals surface area contributed by atoms with E-state index in [1.165, 1.54) is 26.6 Å². The molecule has 0 spiro atoms. The molecule has 2 amide bonds. The second kappa shape index (κ2) is 5.64. The molecule has 2 heterocycles. The van der Waals surface area contributed by atoms with Crippen molar-refractivity contribution in [1.82, 2.24) is 14.9 Å². The van der Waals surface area contributed by atoms with Gasteiger partial charge >= 0.3 is 5.97 Å².